The number of nitrogens with one attached hydrogen (secondary N) is 1. The highest BCUT2D eigenvalue weighted by atomic mass is 32.1. The lowest BCUT2D eigenvalue weighted by molar-refractivity contribution is -0.121. The summed E-state index contributed by atoms with van der Waals surface area (Å²) in [6.45, 7) is 4.49. The monoisotopic (exact) mass is 343 g/mol. The second kappa shape index (κ2) is 7.13. The molecule has 24 heavy (non-hydrogen) atoms. The molecule has 0 radical (unpaired) electrons. The van der Waals surface area contributed by atoms with Crippen LogP contribution in [0.1, 0.15) is 40.2 Å². The van der Waals surface area contributed by atoms with E-state index in [4.69, 9.17) is 0 Å². The number of carbonyl (C=O) groups is 2. The number of aryl methyl sites for hydroxylation is 2. The van der Waals surface area contributed by atoms with Crippen LogP contribution in [-0.2, 0) is 4.79 Å². The highest BCUT2D eigenvalue weighted by Crippen LogP contribution is 2.23. The van der Waals surface area contributed by atoms with Crippen molar-refractivity contribution in [2.24, 2.45) is 0 Å². The van der Waals surface area contributed by atoms with Crippen LogP contribution in [0.5, 0.6) is 0 Å². The molecule has 1 aliphatic heterocycles. The number of thiophene rings is 1. The van der Waals surface area contributed by atoms with Crippen molar-refractivity contribution in [1.29, 1.82) is 0 Å². The van der Waals surface area contributed by atoms with Gasteiger partial charge in [-0.1, -0.05) is 6.07 Å². The minimum Gasteiger partial charge on any atom is -0.326 e. The molecule has 1 fully saturated rings. The molecule has 1 aliphatic rings. The van der Waals surface area contributed by atoms with Gasteiger partial charge in [0.05, 0.1) is 4.88 Å². The Hall–Kier alpha value is -2.21. The van der Waals surface area contributed by atoms with Gasteiger partial charge in [-0.05, 0) is 62.3 Å². The third-order valence-electron chi connectivity index (χ3n) is 4.15. The van der Waals surface area contributed by atoms with Crippen LogP contribution < -0.4 is 5.32 Å². The van der Waals surface area contributed by atoms with Gasteiger partial charge >= 0.3 is 0 Å². The highest BCUT2D eigenvalue weighted by molar-refractivity contribution is 7.12. The number of likely N-dealkylation sites (tertiary alicyclic amines) is 1. The van der Waals surface area contributed by atoms with E-state index in [0.29, 0.717) is 23.7 Å². The van der Waals surface area contributed by atoms with Gasteiger partial charge in [0, 0.05) is 12.2 Å². The van der Waals surface area contributed by atoms with Crippen LogP contribution in [0, 0.1) is 13.8 Å². The number of rotatable bonds is 3. The number of hydrogen-bond donors (Lipinski definition) is 1. The first-order valence-electron chi connectivity index (χ1n) is 8.15. The maximum Gasteiger partial charge on any atom is 0.264 e. The van der Waals surface area contributed by atoms with Crippen molar-refractivity contribution in [1.82, 2.24) is 9.88 Å². The van der Waals surface area contributed by atoms with Gasteiger partial charge in [0.2, 0.25) is 5.91 Å². The van der Waals surface area contributed by atoms with E-state index in [9.17, 15) is 9.59 Å². The van der Waals surface area contributed by atoms with Crippen LogP contribution >= 0.6 is 11.3 Å². The molecule has 6 heteroatoms. The lowest BCUT2D eigenvalue weighted by Gasteiger charge is -2.34. The van der Waals surface area contributed by atoms with E-state index in [0.717, 1.165) is 24.1 Å². The van der Waals surface area contributed by atoms with Crippen LogP contribution in [0.2, 0.25) is 0 Å². The van der Waals surface area contributed by atoms with Gasteiger partial charge in [0.25, 0.3) is 5.91 Å². The fraction of sp³-hybridized carbons (Fsp3) is 0.389. The maximum absolute atomic E-state index is 12.7. The van der Waals surface area contributed by atoms with Crippen molar-refractivity contribution in [2.45, 2.75) is 39.2 Å². The summed E-state index contributed by atoms with van der Waals surface area (Å²) in [6, 6.07) is 7.04. The van der Waals surface area contributed by atoms with Gasteiger partial charge in [-0.15, -0.1) is 11.3 Å². The molecular formula is C18H21N3O2S. The van der Waals surface area contributed by atoms with Crippen molar-refractivity contribution in [3.8, 4) is 0 Å². The average molecular weight is 343 g/mol. The first kappa shape index (κ1) is 16.6. The molecule has 5 nitrogen and oxygen atoms in total. The zero-order valence-electron chi connectivity index (χ0n) is 13.9. The van der Waals surface area contributed by atoms with Gasteiger partial charge in [-0.2, -0.15) is 0 Å². The Balaban J connectivity index is 1.77. The fourth-order valence-corrected chi connectivity index (χ4v) is 3.78. The topological polar surface area (TPSA) is 62.3 Å². The molecule has 0 saturated carbocycles. The summed E-state index contributed by atoms with van der Waals surface area (Å²) in [7, 11) is 0. The van der Waals surface area contributed by atoms with E-state index in [1.807, 2.05) is 43.5 Å². The van der Waals surface area contributed by atoms with Gasteiger partial charge < -0.3 is 10.2 Å². The Morgan fingerprint density at radius 3 is 2.83 bits per heavy atom. The molecule has 1 N–H and O–H groups in total. The van der Waals surface area contributed by atoms with E-state index in [1.54, 1.807) is 4.90 Å². The average Bonchev–Trinajstić information content (AvgIpc) is 3.07. The van der Waals surface area contributed by atoms with Gasteiger partial charge in [-0.25, -0.2) is 4.98 Å². The summed E-state index contributed by atoms with van der Waals surface area (Å²) in [5.74, 6) is 0.335. The van der Waals surface area contributed by atoms with E-state index < -0.39 is 6.04 Å². The first-order valence-corrected chi connectivity index (χ1v) is 9.03. The number of pyridine rings is 1. The second-order valence-corrected chi connectivity index (χ2v) is 7.10. The van der Waals surface area contributed by atoms with Crippen molar-refractivity contribution in [3.63, 3.8) is 0 Å². The Morgan fingerprint density at radius 1 is 1.29 bits per heavy atom. The minimum absolute atomic E-state index is 0.0572. The molecule has 3 rings (SSSR count). The fourth-order valence-electron chi connectivity index (χ4n) is 3.10. The van der Waals surface area contributed by atoms with Crippen molar-refractivity contribution in [2.75, 3.05) is 11.9 Å². The normalized spacial score (nSPS) is 17.6. The second-order valence-electron chi connectivity index (χ2n) is 6.15. The Kier molecular flexibility index (Phi) is 4.94. The van der Waals surface area contributed by atoms with Crippen molar-refractivity contribution in [3.05, 3.63) is 45.8 Å². The molecule has 0 bridgehead atoms. The summed E-state index contributed by atoms with van der Waals surface area (Å²) in [5.41, 5.74) is 1.91. The number of amides is 2. The third kappa shape index (κ3) is 3.64. The number of anilines is 1. The Morgan fingerprint density at radius 2 is 2.12 bits per heavy atom. The summed E-state index contributed by atoms with van der Waals surface area (Å²) in [6.07, 6.45) is 2.57. The third-order valence-corrected chi connectivity index (χ3v) is 5.01. The van der Waals surface area contributed by atoms with Gasteiger partial charge in [0.1, 0.15) is 11.9 Å². The Labute approximate surface area is 145 Å². The van der Waals surface area contributed by atoms with E-state index in [-0.39, 0.29) is 11.8 Å². The summed E-state index contributed by atoms with van der Waals surface area (Å²) in [5, 5.41) is 4.76. The molecule has 2 aromatic rings. The standard InChI is InChI=1S/C18H21N3O2S/c1-12-10-13(2)19-16(11-12)20-17(22)14-6-3-4-8-21(14)18(23)15-7-5-9-24-15/h5,7,9-11,14H,3-4,6,8H2,1-2H3,(H,19,20,22). The SMILES string of the molecule is Cc1cc(C)nc(NC(=O)C2CCCCN2C(=O)c2cccs2)c1. The van der Waals surface area contributed by atoms with E-state index >= 15 is 0 Å². The number of hydrogen-bond acceptors (Lipinski definition) is 4. The predicted molar refractivity (Wildman–Crippen MR) is 95.3 cm³/mol. The predicted octanol–water partition coefficient (Wildman–Crippen LogP) is 3.39. The van der Waals surface area contributed by atoms with Crippen LogP contribution in [-0.4, -0.2) is 34.3 Å². The molecule has 1 atom stereocenters. The summed E-state index contributed by atoms with van der Waals surface area (Å²) < 4.78 is 0. The van der Waals surface area contributed by atoms with Gasteiger partial charge in [0.15, 0.2) is 0 Å². The van der Waals surface area contributed by atoms with Crippen molar-refractivity contribution < 1.29 is 9.59 Å². The minimum atomic E-state index is -0.434. The quantitative estimate of drug-likeness (QED) is 0.929. The molecule has 0 aromatic carbocycles. The molecule has 1 unspecified atom stereocenters. The highest BCUT2D eigenvalue weighted by Gasteiger charge is 2.33. The number of piperidine rings is 1. The number of aromatic nitrogens is 1. The van der Waals surface area contributed by atoms with Crippen LogP contribution in [0.3, 0.4) is 0 Å². The van der Waals surface area contributed by atoms with Crippen LogP contribution in [0.25, 0.3) is 0 Å². The zero-order valence-corrected chi connectivity index (χ0v) is 14.7. The first-order chi connectivity index (χ1) is 11.5. The lowest BCUT2D eigenvalue weighted by atomic mass is 10.0. The largest absolute Gasteiger partial charge is 0.326 e. The van der Waals surface area contributed by atoms with Crippen LogP contribution in [0.15, 0.2) is 29.6 Å². The van der Waals surface area contributed by atoms with E-state index in [2.05, 4.69) is 10.3 Å². The molecule has 0 aliphatic carbocycles. The van der Waals surface area contributed by atoms with E-state index in [1.165, 1.54) is 11.3 Å². The van der Waals surface area contributed by atoms with Crippen LogP contribution in [0.4, 0.5) is 5.82 Å². The lowest BCUT2D eigenvalue weighted by Crippen LogP contribution is -2.49. The van der Waals surface area contributed by atoms with Gasteiger partial charge in [-0.3, -0.25) is 9.59 Å². The number of nitrogens with zero attached hydrogens (tertiary/aromatic N) is 2. The van der Waals surface area contributed by atoms with Crippen molar-refractivity contribution >= 4 is 29.0 Å². The molecule has 126 valence electrons. The number of carbonyl (C=O) groups excluding carboxylic acids is 2. The molecule has 1 saturated heterocycles. The summed E-state index contributed by atoms with van der Waals surface area (Å²) >= 11 is 1.41. The molecule has 2 aromatic heterocycles. The zero-order chi connectivity index (χ0) is 17.1. The molecular weight excluding hydrogens is 322 g/mol. The Bertz CT molecular complexity index is 722. The maximum atomic E-state index is 12.7. The summed E-state index contributed by atoms with van der Waals surface area (Å²) in [4.78, 5) is 32.1. The molecule has 2 amide bonds. The molecule has 0 spiro atoms. The molecule has 3 heterocycles. The smallest absolute Gasteiger partial charge is 0.264 e.